The number of hydrogen-bond acceptors (Lipinski definition) is 4. The van der Waals surface area contributed by atoms with E-state index in [4.69, 9.17) is 39.5 Å². The van der Waals surface area contributed by atoms with Crippen LogP contribution in [0, 0.1) is 0 Å². The molecule has 31 heavy (non-hydrogen) atoms. The average Bonchev–Trinajstić information content (AvgIpc) is 2.74. The molecule has 1 aliphatic heterocycles. The van der Waals surface area contributed by atoms with Crippen LogP contribution in [-0.4, -0.2) is 63.3 Å². The second-order valence-corrected chi connectivity index (χ2v) is 10.8. The maximum absolute atomic E-state index is 12.9. The molecule has 2 aromatic carbocycles. The molecule has 0 aliphatic carbocycles. The smallest absolute Gasteiger partial charge is 0.245 e. The fourth-order valence-corrected chi connectivity index (χ4v) is 5.84. The predicted molar refractivity (Wildman–Crippen MR) is 123 cm³/mol. The number of quaternary nitrogens is 1. The first kappa shape index (κ1) is 24.7. The van der Waals surface area contributed by atoms with Gasteiger partial charge in [0.2, 0.25) is 10.0 Å². The molecule has 0 amide bonds. The number of hydrogen-bond donors (Lipinski definition) is 2. The van der Waals surface area contributed by atoms with E-state index < -0.39 is 16.1 Å². The summed E-state index contributed by atoms with van der Waals surface area (Å²) in [5.74, 6) is 0. The Balaban J connectivity index is 1.48. The highest BCUT2D eigenvalue weighted by Gasteiger charge is 2.32. The third-order valence-corrected chi connectivity index (χ3v) is 8.21. The highest BCUT2D eigenvalue weighted by molar-refractivity contribution is 7.89. The van der Waals surface area contributed by atoms with E-state index in [9.17, 15) is 13.5 Å². The first-order chi connectivity index (χ1) is 14.7. The lowest BCUT2D eigenvalue weighted by Gasteiger charge is -2.32. The first-order valence-electron chi connectivity index (χ1n) is 10.0. The number of sulfonamides is 1. The second-order valence-electron chi connectivity index (χ2n) is 7.61. The van der Waals surface area contributed by atoms with Gasteiger partial charge in [0.1, 0.15) is 17.5 Å². The quantitative estimate of drug-likeness (QED) is 0.575. The molecule has 2 aromatic rings. The van der Waals surface area contributed by atoms with Gasteiger partial charge in [0.05, 0.1) is 43.9 Å². The monoisotopic (exact) mass is 507 g/mol. The number of halogens is 3. The number of nitrogens with one attached hydrogen (secondary N) is 1. The van der Waals surface area contributed by atoms with Gasteiger partial charge >= 0.3 is 0 Å². The number of piperazine rings is 1. The number of nitrogens with zero attached hydrogens (tertiary/aromatic N) is 1. The molecule has 0 saturated carbocycles. The van der Waals surface area contributed by atoms with Crippen molar-refractivity contribution in [3.8, 4) is 0 Å². The molecule has 2 atom stereocenters. The Morgan fingerprint density at radius 2 is 1.68 bits per heavy atom. The van der Waals surface area contributed by atoms with E-state index in [1.807, 2.05) is 19.1 Å². The van der Waals surface area contributed by atoms with Crippen molar-refractivity contribution in [2.75, 3.05) is 39.3 Å². The van der Waals surface area contributed by atoms with E-state index >= 15 is 0 Å². The lowest BCUT2D eigenvalue weighted by Crippen LogP contribution is -3.15. The highest BCUT2D eigenvalue weighted by atomic mass is 35.5. The predicted octanol–water partition coefficient (Wildman–Crippen LogP) is 2.67. The van der Waals surface area contributed by atoms with Gasteiger partial charge in [-0.25, -0.2) is 8.42 Å². The van der Waals surface area contributed by atoms with Crippen LogP contribution in [0.25, 0.3) is 0 Å². The molecule has 3 rings (SSSR count). The molecule has 1 heterocycles. The Hall–Kier alpha value is -0.900. The van der Waals surface area contributed by atoms with Crippen LogP contribution in [0.15, 0.2) is 47.4 Å². The van der Waals surface area contributed by atoms with Crippen molar-refractivity contribution >= 4 is 44.8 Å². The number of aliphatic hydroxyl groups is 1. The van der Waals surface area contributed by atoms with Crippen molar-refractivity contribution in [1.29, 1.82) is 0 Å². The van der Waals surface area contributed by atoms with Crippen LogP contribution in [0.2, 0.25) is 15.1 Å². The Bertz CT molecular complexity index is 981. The summed E-state index contributed by atoms with van der Waals surface area (Å²) < 4.78 is 33.0. The zero-order valence-electron chi connectivity index (χ0n) is 17.1. The van der Waals surface area contributed by atoms with E-state index in [1.54, 1.807) is 18.2 Å². The van der Waals surface area contributed by atoms with Gasteiger partial charge in [-0.05, 0) is 42.8 Å². The summed E-state index contributed by atoms with van der Waals surface area (Å²) in [6, 6.07) is 11.8. The van der Waals surface area contributed by atoms with Crippen LogP contribution in [0.5, 0.6) is 0 Å². The average molecular weight is 509 g/mol. The zero-order valence-corrected chi connectivity index (χ0v) is 20.2. The summed E-state index contributed by atoms with van der Waals surface area (Å²) in [4.78, 5) is 1.15. The van der Waals surface area contributed by atoms with Crippen molar-refractivity contribution in [2.24, 2.45) is 0 Å². The molecule has 0 spiro atoms. The first-order valence-corrected chi connectivity index (χ1v) is 12.6. The Morgan fingerprint density at radius 3 is 2.32 bits per heavy atom. The van der Waals surface area contributed by atoms with E-state index in [2.05, 4.69) is 0 Å². The standard InChI is InChI=1S/C21H25Cl3N2O4S/c1-15(16-2-4-17(22)5-3-16)30-14-19(27)13-25-8-10-26(11-9-25)31(28,29)21-12-18(23)6-7-20(21)24/h2-7,12,15,19,27H,8-11,13-14H2,1H3/p+1/t15-,19-/m1/s1. The van der Waals surface area contributed by atoms with Crippen LogP contribution in [0.3, 0.4) is 0 Å². The van der Waals surface area contributed by atoms with E-state index in [1.165, 1.54) is 16.4 Å². The van der Waals surface area contributed by atoms with E-state index in [0.717, 1.165) is 10.5 Å². The summed E-state index contributed by atoms with van der Waals surface area (Å²) in [6.07, 6.45) is -0.804. The van der Waals surface area contributed by atoms with Crippen molar-refractivity contribution in [1.82, 2.24) is 4.31 Å². The maximum Gasteiger partial charge on any atom is 0.245 e. The molecular formula is C21H26Cl3N2O4S+. The topological polar surface area (TPSA) is 71.3 Å². The van der Waals surface area contributed by atoms with Crippen LogP contribution >= 0.6 is 34.8 Å². The minimum absolute atomic E-state index is 0.0229. The van der Waals surface area contributed by atoms with E-state index in [0.29, 0.717) is 42.8 Å². The van der Waals surface area contributed by atoms with Gasteiger partial charge in [0.15, 0.2) is 0 Å². The molecular weight excluding hydrogens is 483 g/mol. The maximum atomic E-state index is 12.9. The molecule has 6 nitrogen and oxygen atoms in total. The Kier molecular flexibility index (Phi) is 8.63. The zero-order chi connectivity index (χ0) is 22.6. The second kappa shape index (κ2) is 10.8. The summed E-state index contributed by atoms with van der Waals surface area (Å²) in [5, 5.41) is 11.5. The number of rotatable bonds is 8. The van der Waals surface area contributed by atoms with E-state index in [-0.39, 0.29) is 22.6 Å². The Labute approximate surface area is 198 Å². The van der Waals surface area contributed by atoms with Gasteiger partial charge < -0.3 is 14.7 Å². The van der Waals surface area contributed by atoms with Crippen LogP contribution in [0.4, 0.5) is 0 Å². The fraction of sp³-hybridized carbons (Fsp3) is 0.429. The molecule has 170 valence electrons. The normalized spacial score (nSPS) is 18.1. The van der Waals surface area contributed by atoms with Crippen molar-refractivity contribution in [2.45, 2.75) is 24.0 Å². The minimum Gasteiger partial charge on any atom is -0.385 e. The molecule has 0 aromatic heterocycles. The van der Waals surface area contributed by atoms with Gasteiger partial charge in [-0.3, -0.25) is 0 Å². The summed E-state index contributed by atoms with van der Waals surface area (Å²) in [5.41, 5.74) is 0.988. The Morgan fingerprint density at radius 1 is 1.06 bits per heavy atom. The van der Waals surface area contributed by atoms with Crippen LogP contribution < -0.4 is 4.90 Å². The van der Waals surface area contributed by atoms with Gasteiger partial charge in [-0.2, -0.15) is 4.31 Å². The lowest BCUT2D eigenvalue weighted by atomic mass is 10.1. The molecule has 0 unspecified atom stereocenters. The molecule has 1 aliphatic rings. The molecule has 0 bridgehead atoms. The highest BCUT2D eigenvalue weighted by Crippen LogP contribution is 2.27. The summed E-state index contributed by atoms with van der Waals surface area (Å²) in [6.45, 7) is 4.47. The largest absolute Gasteiger partial charge is 0.385 e. The SMILES string of the molecule is C[C@@H](OC[C@H](O)C[NH+]1CCN(S(=O)(=O)c2cc(Cl)ccc2Cl)CC1)c1ccc(Cl)cc1. The number of ether oxygens (including phenoxy) is 1. The summed E-state index contributed by atoms with van der Waals surface area (Å²) >= 11 is 17.9. The fourth-order valence-electron chi connectivity index (χ4n) is 3.54. The third-order valence-electron chi connectivity index (χ3n) is 5.34. The molecule has 1 fully saturated rings. The third kappa shape index (κ3) is 6.55. The van der Waals surface area contributed by atoms with Gasteiger partial charge in [-0.1, -0.05) is 46.9 Å². The van der Waals surface area contributed by atoms with Gasteiger partial charge in [0.25, 0.3) is 0 Å². The molecule has 2 N–H and O–H groups in total. The minimum atomic E-state index is -3.72. The van der Waals surface area contributed by atoms with Crippen LogP contribution in [-0.2, 0) is 14.8 Å². The lowest BCUT2D eigenvalue weighted by molar-refractivity contribution is -0.906. The van der Waals surface area contributed by atoms with Crippen LogP contribution in [0.1, 0.15) is 18.6 Å². The van der Waals surface area contributed by atoms with Gasteiger partial charge in [-0.15, -0.1) is 0 Å². The molecule has 1 saturated heterocycles. The molecule has 0 radical (unpaired) electrons. The van der Waals surface area contributed by atoms with Crippen molar-refractivity contribution in [3.05, 3.63) is 63.1 Å². The molecule has 10 heteroatoms. The van der Waals surface area contributed by atoms with Crippen molar-refractivity contribution < 1.29 is 23.2 Å². The van der Waals surface area contributed by atoms with Gasteiger partial charge in [0, 0.05) is 10.0 Å². The number of benzene rings is 2. The summed E-state index contributed by atoms with van der Waals surface area (Å²) in [7, 11) is -3.72. The van der Waals surface area contributed by atoms with Crippen molar-refractivity contribution in [3.63, 3.8) is 0 Å². The number of aliphatic hydroxyl groups excluding tert-OH is 1.